The predicted molar refractivity (Wildman–Crippen MR) is 84.8 cm³/mol. The summed E-state index contributed by atoms with van der Waals surface area (Å²) in [6.07, 6.45) is 0.940. The quantitative estimate of drug-likeness (QED) is 0.798. The molecule has 0 fully saturated rings. The minimum absolute atomic E-state index is 0.201. The molecule has 0 aliphatic rings. The van der Waals surface area contributed by atoms with Crippen LogP contribution in [0.25, 0.3) is 0 Å². The molecule has 6 heteroatoms. The lowest BCUT2D eigenvalue weighted by Gasteiger charge is -2.24. The molecular formula is C15H26N2O3S. The molecule has 2 N–H and O–H groups in total. The minimum atomic E-state index is -3.56. The summed E-state index contributed by atoms with van der Waals surface area (Å²) >= 11 is 0. The zero-order valence-corrected chi connectivity index (χ0v) is 14.1. The van der Waals surface area contributed by atoms with E-state index in [0.717, 1.165) is 12.0 Å². The fourth-order valence-electron chi connectivity index (χ4n) is 2.07. The molecule has 0 radical (unpaired) electrons. The molecule has 1 rings (SSSR count). The summed E-state index contributed by atoms with van der Waals surface area (Å²) in [5, 5.41) is 0. The number of rotatable bonds is 8. The first-order valence-electron chi connectivity index (χ1n) is 7.27. The van der Waals surface area contributed by atoms with Gasteiger partial charge in [-0.15, -0.1) is 0 Å². The van der Waals surface area contributed by atoms with E-state index in [-0.39, 0.29) is 4.90 Å². The van der Waals surface area contributed by atoms with Crippen molar-refractivity contribution in [1.29, 1.82) is 0 Å². The summed E-state index contributed by atoms with van der Waals surface area (Å²) in [5.41, 5.74) is 6.43. The molecule has 5 nitrogen and oxygen atoms in total. The van der Waals surface area contributed by atoms with Crippen LogP contribution in [0.4, 0.5) is 0 Å². The number of sulfonamides is 1. The first-order chi connectivity index (χ1) is 9.90. The van der Waals surface area contributed by atoms with E-state index in [0.29, 0.717) is 31.3 Å². The lowest BCUT2D eigenvalue weighted by Crippen LogP contribution is -2.34. The molecule has 1 atom stereocenters. The number of nitrogens with two attached hydrogens (primary N) is 1. The average molecular weight is 314 g/mol. The molecule has 0 amide bonds. The van der Waals surface area contributed by atoms with Crippen LogP contribution in [0.5, 0.6) is 5.75 Å². The Bertz CT molecular complexity index is 558. The molecule has 0 bridgehead atoms. The van der Waals surface area contributed by atoms with Gasteiger partial charge in [0.15, 0.2) is 0 Å². The largest absolute Gasteiger partial charge is 0.495 e. The molecular weight excluding hydrogens is 288 g/mol. The van der Waals surface area contributed by atoms with Crippen LogP contribution in [0.15, 0.2) is 23.1 Å². The zero-order chi connectivity index (χ0) is 16.0. The van der Waals surface area contributed by atoms with Gasteiger partial charge in [-0.25, -0.2) is 8.42 Å². The van der Waals surface area contributed by atoms with E-state index in [1.54, 1.807) is 18.2 Å². The SMILES string of the molecule is CCC(C)CN(CC)S(=O)(=O)c1ccc(CN)cc1OC. The van der Waals surface area contributed by atoms with E-state index in [9.17, 15) is 8.42 Å². The van der Waals surface area contributed by atoms with Crippen LogP contribution in [-0.4, -0.2) is 32.9 Å². The normalized spacial score (nSPS) is 13.4. The Balaban J connectivity index is 3.22. The lowest BCUT2D eigenvalue weighted by molar-refractivity contribution is 0.356. The van der Waals surface area contributed by atoms with Gasteiger partial charge in [0.05, 0.1) is 7.11 Å². The summed E-state index contributed by atoms with van der Waals surface area (Å²) in [5.74, 6) is 0.662. The maximum atomic E-state index is 12.8. The summed E-state index contributed by atoms with van der Waals surface area (Å²) in [7, 11) is -2.08. The van der Waals surface area contributed by atoms with Crippen molar-refractivity contribution in [2.24, 2.45) is 11.7 Å². The standard InChI is InChI=1S/C15H26N2O3S/c1-5-12(3)11-17(6-2)21(18,19)15-8-7-13(10-16)9-14(15)20-4/h7-9,12H,5-6,10-11,16H2,1-4H3. The highest BCUT2D eigenvalue weighted by Gasteiger charge is 2.27. The van der Waals surface area contributed by atoms with Gasteiger partial charge in [0.2, 0.25) is 10.0 Å². The summed E-state index contributed by atoms with van der Waals surface area (Å²) in [6, 6.07) is 4.99. The van der Waals surface area contributed by atoms with Crippen molar-refractivity contribution < 1.29 is 13.2 Å². The molecule has 0 heterocycles. The number of hydrogen-bond donors (Lipinski definition) is 1. The van der Waals surface area contributed by atoms with E-state index in [2.05, 4.69) is 6.92 Å². The second-order valence-corrected chi connectivity index (χ2v) is 7.06. The minimum Gasteiger partial charge on any atom is -0.495 e. The molecule has 1 aromatic carbocycles. The van der Waals surface area contributed by atoms with Gasteiger partial charge in [0.25, 0.3) is 0 Å². The Morgan fingerprint density at radius 3 is 2.48 bits per heavy atom. The molecule has 21 heavy (non-hydrogen) atoms. The molecule has 1 aromatic rings. The van der Waals surface area contributed by atoms with Crippen molar-refractivity contribution in [2.75, 3.05) is 20.2 Å². The Hall–Kier alpha value is -1.11. The molecule has 0 saturated carbocycles. The number of methoxy groups -OCH3 is 1. The van der Waals surface area contributed by atoms with Crippen LogP contribution in [0.1, 0.15) is 32.8 Å². The fourth-order valence-corrected chi connectivity index (χ4v) is 3.77. The third kappa shape index (κ3) is 4.18. The highest BCUT2D eigenvalue weighted by atomic mass is 32.2. The lowest BCUT2D eigenvalue weighted by atomic mass is 10.1. The average Bonchev–Trinajstić information content (AvgIpc) is 2.51. The molecule has 120 valence electrons. The van der Waals surface area contributed by atoms with E-state index in [4.69, 9.17) is 10.5 Å². The monoisotopic (exact) mass is 314 g/mol. The molecule has 0 aliphatic heterocycles. The van der Waals surface area contributed by atoms with Crippen LogP contribution in [0.2, 0.25) is 0 Å². The van der Waals surface area contributed by atoms with Gasteiger partial charge in [0, 0.05) is 19.6 Å². The van der Waals surface area contributed by atoms with E-state index in [1.165, 1.54) is 11.4 Å². The Kier molecular flexibility index (Phi) is 6.64. The van der Waals surface area contributed by atoms with Gasteiger partial charge in [-0.05, 0) is 23.6 Å². The fraction of sp³-hybridized carbons (Fsp3) is 0.600. The van der Waals surface area contributed by atoms with Crippen molar-refractivity contribution in [3.05, 3.63) is 23.8 Å². The Morgan fingerprint density at radius 1 is 1.33 bits per heavy atom. The van der Waals surface area contributed by atoms with Crippen LogP contribution >= 0.6 is 0 Å². The number of hydrogen-bond acceptors (Lipinski definition) is 4. The van der Waals surface area contributed by atoms with E-state index >= 15 is 0 Å². The topological polar surface area (TPSA) is 72.6 Å². The smallest absolute Gasteiger partial charge is 0.246 e. The van der Waals surface area contributed by atoms with Crippen molar-refractivity contribution in [1.82, 2.24) is 4.31 Å². The van der Waals surface area contributed by atoms with Gasteiger partial charge in [-0.3, -0.25) is 0 Å². The van der Waals surface area contributed by atoms with Crippen molar-refractivity contribution in [3.8, 4) is 5.75 Å². The number of nitrogens with zero attached hydrogens (tertiary/aromatic N) is 1. The van der Waals surface area contributed by atoms with Gasteiger partial charge in [-0.2, -0.15) is 4.31 Å². The third-order valence-electron chi connectivity index (χ3n) is 3.65. The van der Waals surface area contributed by atoms with Crippen molar-refractivity contribution in [2.45, 2.75) is 38.6 Å². The molecule has 0 aliphatic carbocycles. The zero-order valence-electron chi connectivity index (χ0n) is 13.3. The van der Waals surface area contributed by atoms with Gasteiger partial charge in [0.1, 0.15) is 10.6 Å². The van der Waals surface area contributed by atoms with Crippen molar-refractivity contribution in [3.63, 3.8) is 0 Å². The Morgan fingerprint density at radius 2 is 2.00 bits per heavy atom. The molecule has 1 unspecified atom stereocenters. The molecule has 0 aromatic heterocycles. The van der Waals surface area contributed by atoms with Crippen LogP contribution in [-0.2, 0) is 16.6 Å². The summed E-state index contributed by atoms with van der Waals surface area (Å²) < 4.78 is 32.4. The van der Waals surface area contributed by atoms with Crippen LogP contribution < -0.4 is 10.5 Å². The van der Waals surface area contributed by atoms with Gasteiger partial charge in [-0.1, -0.05) is 33.3 Å². The van der Waals surface area contributed by atoms with E-state index in [1.807, 2.05) is 13.8 Å². The third-order valence-corrected chi connectivity index (χ3v) is 5.63. The highest BCUT2D eigenvalue weighted by Crippen LogP contribution is 2.28. The first-order valence-corrected chi connectivity index (χ1v) is 8.71. The molecule has 0 saturated heterocycles. The first kappa shape index (κ1) is 17.9. The second kappa shape index (κ2) is 7.77. The number of ether oxygens (including phenoxy) is 1. The summed E-state index contributed by atoms with van der Waals surface area (Å²) in [6.45, 7) is 7.25. The molecule has 0 spiro atoms. The second-order valence-electron chi connectivity index (χ2n) is 5.16. The maximum Gasteiger partial charge on any atom is 0.246 e. The predicted octanol–water partition coefficient (Wildman–Crippen LogP) is 2.21. The maximum absolute atomic E-state index is 12.8. The summed E-state index contributed by atoms with van der Waals surface area (Å²) in [4.78, 5) is 0.201. The number of benzene rings is 1. The van der Waals surface area contributed by atoms with Crippen molar-refractivity contribution >= 4 is 10.0 Å². The Labute approximate surface area is 128 Å². The van der Waals surface area contributed by atoms with Crippen LogP contribution in [0, 0.1) is 5.92 Å². The van der Waals surface area contributed by atoms with Crippen LogP contribution in [0.3, 0.4) is 0 Å². The highest BCUT2D eigenvalue weighted by molar-refractivity contribution is 7.89. The van der Waals surface area contributed by atoms with E-state index < -0.39 is 10.0 Å². The van der Waals surface area contributed by atoms with Gasteiger partial charge < -0.3 is 10.5 Å². The van der Waals surface area contributed by atoms with Gasteiger partial charge >= 0.3 is 0 Å².